The van der Waals surface area contributed by atoms with Crippen LogP contribution in [0.15, 0.2) is 28.7 Å². The molecule has 0 radical (unpaired) electrons. The summed E-state index contributed by atoms with van der Waals surface area (Å²) in [4.78, 5) is 23.9. The maximum Gasteiger partial charge on any atom is 0.277 e. The number of aromatic amines is 1. The summed E-state index contributed by atoms with van der Waals surface area (Å²) in [5.41, 5.74) is 2.42. The van der Waals surface area contributed by atoms with E-state index in [2.05, 4.69) is 36.8 Å². The van der Waals surface area contributed by atoms with Crippen molar-refractivity contribution in [3.8, 4) is 0 Å². The van der Waals surface area contributed by atoms with Gasteiger partial charge in [0.05, 0.1) is 4.47 Å². The van der Waals surface area contributed by atoms with Crippen LogP contribution in [0.25, 0.3) is 0 Å². The van der Waals surface area contributed by atoms with E-state index in [1.807, 2.05) is 20.8 Å². The van der Waals surface area contributed by atoms with E-state index in [0.717, 1.165) is 5.69 Å². The molecule has 0 aliphatic rings. The minimum Gasteiger partial charge on any atom is -0.326 e. The molecule has 2 amide bonds. The maximum atomic E-state index is 12.1. The minimum atomic E-state index is -0.308. The van der Waals surface area contributed by atoms with Gasteiger partial charge in [-0.15, -0.1) is 0 Å². The lowest BCUT2D eigenvalue weighted by molar-refractivity contribution is -0.116. The highest BCUT2D eigenvalue weighted by Gasteiger charge is 2.15. The Morgan fingerprint density at radius 1 is 1.17 bits per heavy atom. The third-order valence-electron chi connectivity index (χ3n) is 3.11. The van der Waals surface area contributed by atoms with Gasteiger partial charge in [-0.3, -0.25) is 14.7 Å². The molecule has 0 atom stereocenters. The maximum absolute atomic E-state index is 12.1. The van der Waals surface area contributed by atoms with Crippen molar-refractivity contribution in [2.75, 3.05) is 10.6 Å². The van der Waals surface area contributed by atoms with Crippen LogP contribution in [0.5, 0.6) is 0 Å². The smallest absolute Gasteiger partial charge is 0.277 e. The second-order valence-electron chi connectivity index (χ2n) is 5.69. The van der Waals surface area contributed by atoms with E-state index >= 15 is 0 Å². The van der Waals surface area contributed by atoms with Crippen LogP contribution < -0.4 is 10.6 Å². The Morgan fingerprint density at radius 2 is 1.74 bits per heavy atom. The number of aromatic nitrogens is 2. The Hall–Kier alpha value is -2.15. The molecule has 0 bridgehead atoms. The summed E-state index contributed by atoms with van der Waals surface area (Å²) in [6.07, 6.45) is 0.477. The molecule has 0 fully saturated rings. The number of halogens is 1. The molecule has 0 spiro atoms. The molecule has 1 aromatic heterocycles. The molecule has 1 aromatic carbocycles. The van der Waals surface area contributed by atoms with Crippen LogP contribution in [0.1, 0.15) is 36.5 Å². The Bertz CT molecular complexity index is 707. The molecule has 122 valence electrons. The Morgan fingerprint density at radius 3 is 2.22 bits per heavy atom. The van der Waals surface area contributed by atoms with Gasteiger partial charge >= 0.3 is 0 Å². The average molecular weight is 379 g/mol. The molecule has 3 N–H and O–H groups in total. The van der Waals surface area contributed by atoms with Crippen LogP contribution in [-0.2, 0) is 4.79 Å². The standard InChI is InChI=1S/C16H19BrN4O2/c1-9(2)8-13(22)18-11-4-6-12(7-5-11)19-16(23)15-14(17)10(3)20-21-15/h4-7,9H,8H2,1-3H3,(H,18,22)(H,19,23)(H,20,21). The molecule has 1 heterocycles. The predicted octanol–water partition coefficient (Wildman–Crippen LogP) is 3.72. The fourth-order valence-corrected chi connectivity index (χ4v) is 2.33. The fraction of sp³-hybridized carbons (Fsp3) is 0.312. The van der Waals surface area contributed by atoms with E-state index in [1.165, 1.54) is 0 Å². The van der Waals surface area contributed by atoms with E-state index in [4.69, 9.17) is 0 Å². The number of nitrogens with one attached hydrogen (secondary N) is 3. The van der Waals surface area contributed by atoms with Gasteiger partial charge in [-0.2, -0.15) is 5.10 Å². The highest BCUT2D eigenvalue weighted by molar-refractivity contribution is 9.10. The van der Waals surface area contributed by atoms with Gasteiger partial charge in [-0.1, -0.05) is 13.8 Å². The number of H-pyrrole nitrogens is 1. The van der Waals surface area contributed by atoms with E-state index in [9.17, 15) is 9.59 Å². The highest BCUT2D eigenvalue weighted by atomic mass is 79.9. The van der Waals surface area contributed by atoms with Gasteiger partial charge in [-0.05, 0) is 53.0 Å². The van der Waals surface area contributed by atoms with Crippen LogP contribution in [0.4, 0.5) is 11.4 Å². The van der Waals surface area contributed by atoms with Gasteiger partial charge in [0.1, 0.15) is 0 Å². The summed E-state index contributed by atoms with van der Waals surface area (Å²) in [6, 6.07) is 6.96. The fourth-order valence-electron chi connectivity index (χ4n) is 1.98. The number of nitrogens with zero attached hydrogens (tertiary/aromatic N) is 1. The first-order chi connectivity index (χ1) is 10.9. The van der Waals surface area contributed by atoms with Gasteiger partial charge in [0.2, 0.25) is 5.91 Å². The number of hydrogen-bond donors (Lipinski definition) is 3. The normalized spacial score (nSPS) is 10.7. The van der Waals surface area contributed by atoms with Gasteiger partial charge in [0, 0.05) is 23.5 Å². The first kappa shape index (κ1) is 17.2. The van der Waals surface area contributed by atoms with Crippen molar-refractivity contribution in [1.82, 2.24) is 10.2 Å². The van der Waals surface area contributed by atoms with Crippen LogP contribution in [0, 0.1) is 12.8 Å². The summed E-state index contributed by atoms with van der Waals surface area (Å²) >= 11 is 3.32. The quantitative estimate of drug-likeness (QED) is 0.740. The van der Waals surface area contributed by atoms with Crippen LogP contribution in [-0.4, -0.2) is 22.0 Å². The molecular formula is C16H19BrN4O2. The number of hydrogen-bond acceptors (Lipinski definition) is 3. The molecule has 0 unspecified atom stereocenters. The summed E-state index contributed by atoms with van der Waals surface area (Å²) < 4.78 is 0.646. The molecule has 2 aromatic rings. The number of anilines is 2. The second kappa shape index (κ2) is 7.41. The summed E-state index contributed by atoms with van der Waals surface area (Å²) in [5, 5.41) is 12.3. The molecule has 2 rings (SSSR count). The molecule has 6 nitrogen and oxygen atoms in total. The average Bonchev–Trinajstić information content (AvgIpc) is 2.80. The van der Waals surface area contributed by atoms with Crippen molar-refractivity contribution in [2.45, 2.75) is 27.2 Å². The first-order valence-electron chi connectivity index (χ1n) is 7.28. The molecule has 0 aliphatic carbocycles. The molecule has 0 saturated carbocycles. The third kappa shape index (κ3) is 4.66. The predicted molar refractivity (Wildman–Crippen MR) is 93.5 cm³/mol. The van der Waals surface area contributed by atoms with Crippen molar-refractivity contribution in [1.29, 1.82) is 0 Å². The lowest BCUT2D eigenvalue weighted by Gasteiger charge is -2.08. The van der Waals surface area contributed by atoms with Gasteiger partial charge in [0.25, 0.3) is 5.91 Å². The number of aryl methyl sites for hydroxylation is 1. The largest absolute Gasteiger partial charge is 0.326 e. The van der Waals surface area contributed by atoms with E-state index in [1.54, 1.807) is 24.3 Å². The van der Waals surface area contributed by atoms with Crippen molar-refractivity contribution >= 4 is 39.1 Å². The molecular weight excluding hydrogens is 360 g/mol. The summed E-state index contributed by atoms with van der Waals surface area (Å²) in [5.74, 6) is -0.0187. The van der Waals surface area contributed by atoms with Crippen LogP contribution in [0.3, 0.4) is 0 Å². The second-order valence-corrected chi connectivity index (χ2v) is 6.48. The molecule has 0 saturated heterocycles. The number of amides is 2. The first-order valence-corrected chi connectivity index (χ1v) is 8.08. The Balaban J connectivity index is 1.98. The van der Waals surface area contributed by atoms with Gasteiger partial charge in [-0.25, -0.2) is 0 Å². The summed E-state index contributed by atoms with van der Waals surface area (Å²) in [7, 11) is 0. The lowest BCUT2D eigenvalue weighted by Crippen LogP contribution is -2.14. The highest BCUT2D eigenvalue weighted by Crippen LogP contribution is 2.20. The molecule has 0 aliphatic heterocycles. The van der Waals surface area contributed by atoms with Gasteiger partial charge < -0.3 is 10.6 Å². The monoisotopic (exact) mass is 378 g/mol. The van der Waals surface area contributed by atoms with Crippen molar-refractivity contribution in [3.63, 3.8) is 0 Å². The Kier molecular flexibility index (Phi) is 5.54. The topological polar surface area (TPSA) is 86.9 Å². The zero-order valence-corrected chi connectivity index (χ0v) is 14.8. The minimum absolute atomic E-state index is 0.0206. The molecule has 23 heavy (non-hydrogen) atoms. The third-order valence-corrected chi connectivity index (χ3v) is 4.08. The summed E-state index contributed by atoms with van der Waals surface area (Å²) in [6.45, 7) is 5.81. The van der Waals surface area contributed by atoms with Crippen molar-refractivity contribution in [3.05, 3.63) is 40.1 Å². The van der Waals surface area contributed by atoms with Crippen LogP contribution in [0.2, 0.25) is 0 Å². The lowest BCUT2D eigenvalue weighted by atomic mass is 10.1. The zero-order valence-electron chi connectivity index (χ0n) is 13.2. The zero-order chi connectivity index (χ0) is 17.0. The number of carbonyl (C=O) groups excluding carboxylic acids is 2. The van der Waals surface area contributed by atoms with E-state index in [-0.39, 0.29) is 11.8 Å². The number of benzene rings is 1. The Labute approximate surface area is 143 Å². The number of carbonyl (C=O) groups is 2. The van der Waals surface area contributed by atoms with Crippen molar-refractivity contribution in [2.24, 2.45) is 5.92 Å². The van der Waals surface area contributed by atoms with E-state index < -0.39 is 0 Å². The van der Waals surface area contributed by atoms with Gasteiger partial charge in [0.15, 0.2) is 5.69 Å². The van der Waals surface area contributed by atoms with E-state index in [0.29, 0.717) is 33.9 Å². The SMILES string of the molecule is Cc1[nH]nc(C(=O)Nc2ccc(NC(=O)CC(C)C)cc2)c1Br. The van der Waals surface area contributed by atoms with Crippen LogP contribution >= 0.6 is 15.9 Å². The van der Waals surface area contributed by atoms with Crippen molar-refractivity contribution < 1.29 is 9.59 Å². The molecule has 7 heteroatoms. The number of rotatable bonds is 5.